The minimum absolute atomic E-state index is 0.123. The molecule has 6 nitrogen and oxygen atoms in total. The van der Waals surface area contributed by atoms with Crippen molar-refractivity contribution in [2.45, 2.75) is 6.92 Å². The van der Waals surface area contributed by atoms with Gasteiger partial charge in [-0.15, -0.1) is 0 Å². The second-order valence-corrected chi connectivity index (χ2v) is 5.64. The molecule has 0 heterocycles. The highest BCUT2D eigenvalue weighted by Crippen LogP contribution is 2.28. The second kappa shape index (κ2) is 8.08. The summed E-state index contributed by atoms with van der Waals surface area (Å²) in [5.41, 5.74) is 8.28. The van der Waals surface area contributed by atoms with Gasteiger partial charge in [0.25, 0.3) is 5.91 Å². The largest absolute Gasteiger partial charge is 0.495 e. The highest BCUT2D eigenvalue weighted by molar-refractivity contribution is 6.31. The van der Waals surface area contributed by atoms with Gasteiger partial charge in [0.2, 0.25) is 0 Å². The first-order chi connectivity index (χ1) is 11.9. The highest BCUT2D eigenvalue weighted by Gasteiger charge is 2.13. The summed E-state index contributed by atoms with van der Waals surface area (Å²) in [6, 6.07) is 12.1. The van der Waals surface area contributed by atoms with Crippen LogP contribution in [0.1, 0.15) is 5.56 Å². The van der Waals surface area contributed by atoms with E-state index in [2.05, 4.69) is 10.6 Å². The molecule has 0 spiro atoms. The second-order valence-electron chi connectivity index (χ2n) is 5.20. The molecular weight excluding hydrogens is 340 g/mol. The highest BCUT2D eigenvalue weighted by atomic mass is 35.5. The minimum Gasteiger partial charge on any atom is -0.495 e. The van der Waals surface area contributed by atoms with Crippen LogP contribution in [0.5, 0.6) is 5.75 Å². The van der Waals surface area contributed by atoms with E-state index in [9.17, 15) is 10.1 Å². The molecule has 0 aliphatic heterocycles. The summed E-state index contributed by atoms with van der Waals surface area (Å²) < 4.78 is 5.16. The van der Waals surface area contributed by atoms with Gasteiger partial charge in [-0.3, -0.25) is 4.79 Å². The van der Waals surface area contributed by atoms with Gasteiger partial charge >= 0.3 is 0 Å². The maximum absolute atomic E-state index is 12.3. The Labute approximate surface area is 150 Å². The quantitative estimate of drug-likeness (QED) is 0.431. The maximum atomic E-state index is 12.3. The number of rotatable bonds is 5. The Morgan fingerprint density at radius 1 is 1.28 bits per heavy atom. The summed E-state index contributed by atoms with van der Waals surface area (Å²) in [6.07, 6.45) is 1.30. The molecule has 2 aromatic carbocycles. The van der Waals surface area contributed by atoms with E-state index in [0.717, 1.165) is 5.56 Å². The monoisotopic (exact) mass is 356 g/mol. The molecule has 2 rings (SSSR count). The number of hydrogen-bond acceptors (Lipinski definition) is 5. The van der Waals surface area contributed by atoms with E-state index >= 15 is 0 Å². The van der Waals surface area contributed by atoms with Gasteiger partial charge in [0, 0.05) is 11.2 Å². The standard InChI is InChI=1S/C18H17ClN4O2/c1-11-3-5-15(14(21)7-11)22-10-12(9-20)18(24)23-16-8-13(19)4-6-17(16)25-2/h3-8,10,22H,21H2,1-2H3,(H,23,24)/b12-10-. The zero-order valence-electron chi connectivity index (χ0n) is 13.8. The van der Waals surface area contributed by atoms with E-state index in [0.29, 0.717) is 27.8 Å². The normalized spacial score (nSPS) is 10.7. The van der Waals surface area contributed by atoms with Gasteiger partial charge in [-0.2, -0.15) is 5.26 Å². The minimum atomic E-state index is -0.596. The van der Waals surface area contributed by atoms with E-state index in [1.165, 1.54) is 13.3 Å². The molecule has 0 radical (unpaired) electrons. The number of aryl methyl sites for hydroxylation is 1. The van der Waals surface area contributed by atoms with Crippen LogP contribution in [0.25, 0.3) is 0 Å². The number of halogens is 1. The van der Waals surface area contributed by atoms with Crippen molar-refractivity contribution in [2.24, 2.45) is 0 Å². The van der Waals surface area contributed by atoms with Crippen LogP contribution in [0.15, 0.2) is 48.2 Å². The van der Waals surface area contributed by atoms with Crippen molar-refractivity contribution in [1.29, 1.82) is 5.26 Å². The van der Waals surface area contributed by atoms with Crippen LogP contribution < -0.4 is 21.1 Å². The van der Waals surface area contributed by atoms with E-state index < -0.39 is 5.91 Å². The fourth-order valence-corrected chi connectivity index (χ4v) is 2.25. The van der Waals surface area contributed by atoms with Gasteiger partial charge in [0.1, 0.15) is 17.4 Å². The Hall–Kier alpha value is -3.17. The number of methoxy groups -OCH3 is 1. The number of amides is 1. The summed E-state index contributed by atoms with van der Waals surface area (Å²) in [5.74, 6) is -0.160. The molecule has 1 amide bonds. The lowest BCUT2D eigenvalue weighted by Crippen LogP contribution is -2.15. The summed E-state index contributed by atoms with van der Waals surface area (Å²) in [6.45, 7) is 1.92. The lowest BCUT2D eigenvalue weighted by molar-refractivity contribution is -0.112. The van der Waals surface area contributed by atoms with E-state index in [1.807, 2.05) is 19.1 Å². The molecule has 0 saturated carbocycles. The number of nitrogens with one attached hydrogen (secondary N) is 2. The van der Waals surface area contributed by atoms with Gasteiger partial charge in [-0.05, 0) is 42.8 Å². The number of benzene rings is 2. The average Bonchev–Trinajstić information content (AvgIpc) is 2.57. The molecule has 7 heteroatoms. The predicted molar refractivity (Wildman–Crippen MR) is 99.5 cm³/mol. The van der Waals surface area contributed by atoms with Crippen molar-refractivity contribution < 1.29 is 9.53 Å². The number of nitrogens with two attached hydrogens (primary N) is 1. The molecule has 0 fully saturated rings. The zero-order valence-corrected chi connectivity index (χ0v) is 14.5. The van der Waals surface area contributed by atoms with Crippen molar-refractivity contribution in [1.82, 2.24) is 0 Å². The number of anilines is 3. The molecule has 0 atom stereocenters. The third-order valence-corrected chi connectivity index (χ3v) is 3.59. The van der Waals surface area contributed by atoms with Gasteiger partial charge < -0.3 is 21.1 Å². The molecule has 25 heavy (non-hydrogen) atoms. The lowest BCUT2D eigenvalue weighted by atomic mass is 10.2. The summed E-state index contributed by atoms with van der Waals surface area (Å²) in [7, 11) is 1.47. The summed E-state index contributed by atoms with van der Waals surface area (Å²) in [5, 5.41) is 15.1. The molecular formula is C18H17ClN4O2. The van der Waals surface area contributed by atoms with Crippen LogP contribution in [0.3, 0.4) is 0 Å². The SMILES string of the molecule is COc1ccc(Cl)cc1NC(=O)/C(C#N)=C\Nc1ccc(C)cc1N. The van der Waals surface area contributed by atoms with Crippen molar-refractivity contribution in [3.8, 4) is 11.8 Å². The number of carbonyl (C=O) groups is 1. The molecule has 0 aliphatic carbocycles. The smallest absolute Gasteiger partial charge is 0.267 e. The van der Waals surface area contributed by atoms with E-state index in [-0.39, 0.29) is 5.57 Å². The first-order valence-electron chi connectivity index (χ1n) is 7.32. The number of ether oxygens (including phenoxy) is 1. The topological polar surface area (TPSA) is 100 Å². The van der Waals surface area contributed by atoms with Gasteiger partial charge in [-0.25, -0.2) is 0 Å². The van der Waals surface area contributed by atoms with Crippen LogP contribution in [0.4, 0.5) is 17.1 Å². The first-order valence-corrected chi connectivity index (χ1v) is 7.70. The van der Waals surface area contributed by atoms with Crippen LogP contribution >= 0.6 is 11.6 Å². The fourth-order valence-electron chi connectivity index (χ4n) is 2.08. The predicted octanol–water partition coefficient (Wildman–Crippen LogP) is 3.70. The number of hydrogen-bond donors (Lipinski definition) is 3. The number of nitrogens with zero attached hydrogens (tertiary/aromatic N) is 1. The summed E-state index contributed by atoms with van der Waals surface area (Å²) in [4.78, 5) is 12.3. The van der Waals surface area contributed by atoms with Crippen molar-refractivity contribution in [3.63, 3.8) is 0 Å². The Balaban J connectivity index is 2.18. The molecule has 2 aromatic rings. The Morgan fingerprint density at radius 2 is 2.04 bits per heavy atom. The molecule has 128 valence electrons. The van der Waals surface area contributed by atoms with Gasteiger partial charge in [0.15, 0.2) is 0 Å². The fraction of sp³-hybridized carbons (Fsp3) is 0.111. The number of nitriles is 1. The van der Waals surface area contributed by atoms with Crippen molar-refractivity contribution in [2.75, 3.05) is 23.5 Å². The van der Waals surface area contributed by atoms with Crippen LogP contribution in [0.2, 0.25) is 5.02 Å². The van der Waals surface area contributed by atoms with Crippen molar-refractivity contribution >= 4 is 34.6 Å². The first kappa shape index (κ1) is 18.2. The third kappa shape index (κ3) is 4.66. The van der Waals surface area contributed by atoms with Crippen molar-refractivity contribution in [3.05, 3.63) is 58.8 Å². The Morgan fingerprint density at radius 3 is 2.68 bits per heavy atom. The van der Waals surface area contributed by atoms with Gasteiger partial charge in [-0.1, -0.05) is 17.7 Å². The van der Waals surface area contributed by atoms with Crippen LogP contribution in [0, 0.1) is 18.3 Å². The molecule has 0 bridgehead atoms. The Kier molecular flexibility index (Phi) is 5.88. The maximum Gasteiger partial charge on any atom is 0.267 e. The lowest BCUT2D eigenvalue weighted by Gasteiger charge is -2.10. The average molecular weight is 357 g/mol. The molecule has 0 aliphatic rings. The zero-order chi connectivity index (χ0) is 18.4. The van der Waals surface area contributed by atoms with E-state index in [4.69, 9.17) is 22.1 Å². The number of nitrogen functional groups attached to an aromatic ring is 1. The Bertz CT molecular complexity index is 872. The van der Waals surface area contributed by atoms with Gasteiger partial charge in [0.05, 0.1) is 24.2 Å². The molecule has 0 unspecified atom stereocenters. The number of carbonyl (C=O) groups excluding carboxylic acids is 1. The van der Waals surface area contributed by atoms with Crippen LogP contribution in [-0.4, -0.2) is 13.0 Å². The third-order valence-electron chi connectivity index (χ3n) is 3.35. The van der Waals surface area contributed by atoms with E-state index in [1.54, 1.807) is 30.3 Å². The van der Waals surface area contributed by atoms with Crippen LogP contribution in [-0.2, 0) is 4.79 Å². The molecule has 4 N–H and O–H groups in total. The summed E-state index contributed by atoms with van der Waals surface area (Å²) >= 11 is 5.93. The molecule has 0 saturated heterocycles. The molecule has 0 aromatic heterocycles.